The lowest BCUT2D eigenvalue weighted by atomic mass is 9.89. The molecule has 0 aromatic heterocycles. The number of benzene rings is 2. The summed E-state index contributed by atoms with van der Waals surface area (Å²) in [4.78, 5) is 18.8. The monoisotopic (exact) mass is 407 g/mol. The molecule has 1 atom stereocenters. The van der Waals surface area contributed by atoms with E-state index in [1.54, 1.807) is 12.0 Å². The van der Waals surface area contributed by atoms with E-state index in [9.17, 15) is 4.79 Å². The second-order valence-corrected chi connectivity index (χ2v) is 9.54. The molecule has 0 N–H and O–H groups in total. The van der Waals surface area contributed by atoms with E-state index in [4.69, 9.17) is 4.74 Å². The zero-order chi connectivity index (χ0) is 21.5. The molecule has 2 aliphatic rings. The standard InChI is InChI=1S/C25H33N3O2/c1-25(10-11-26(2)16-25)17-27(3)14-18-6-9-23(30-5)22(12-18)19-7-8-21-20(13-19)15-28(4)24(21)29/h6-9,12-13H,10-11,14-17H2,1-5H3. The largest absolute Gasteiger partial charge is 0.496 e. The summed E-state index contributed by atoms with van der Waals surface area (Å²) in [6.07, 6.45) is 1.25. The van der Waals surface area contributed by atoms with E-state index in [-0.39, 0.29) is 5.91 Å². The summed E-state index contributed by atoms with van der Waals surface area (Å²) in [6, 6.07) is 12.6. The number of fused-ring (bicyclic) bond motifs is 1. The number of likely N-dealkylation sites (tertiary alicyclic amines) is 1. The van der Waals surface area contributed by atoms with Gasteiger partial charge in [0, 0.05) is 44.4 Å². The average molecular weight is 408 g/mol. The Kier molecular flexibility index (Phi) is 5.60. The van der Waals surface area contributed by atoms with Gasteiger partial charge in [-0.2, -0.15) is 0 Å². The summed E-state index contributed by atoms with van der Waals surface area (Å²) in [5.74, 6) is 0.966. The summed E-state index contributed by atoms with van der Waals surface area (Å²) in [5, 5.41) is 0. The summed E-state index contributed by atoms with van der Waals surface area (Å²) in [5.41, 5.74) is 5.71. The van der Waals surface area contributed by atoms with Crippen LogP contribution in [0.25, 0.3) is 11.1 Å². The number of amides is 1. The molecule has 5 heteroatoms. The molecule has 2 aliphatic heterocycles. The quantitative estimate of drug-likeness (QED) is 0.731. The van der Waals surface area contributed by atoms with Crippen LogP contribution in [0.4, 0.5) is 0 Å². The maximum atomic E-state index is 12.2. The molecule has 0 bridgehead atoms. The highest BCUT2D eigenvalue weighted by Gasteiger charge is 2.33. The van der Waals surface area contributed by atoms with Gasteiger partial charge in [0.05, 0.1) is 7.11 Å². The Morgan fingerprint density at radius 3 is 2.63 bits per heavy atom. The number of hydrogen-bond acceptors (Lipinski definition) is 4. The van der Waals surface area contributed by atoms with E-state index in [0.717, 1.165) is 47.6 Å². The Hall–Kier alpha value is -2.37. The van der Waals surface area contributed by atoms with Gasteiger partial charge in [-0.25, -0.2) is 0 Å². The molecule has 0 spiro atoms. The van der Waals surface area contributed by atoms with Crippen LogP contribution in [0.2, 0.25) is 0 Å². The Morgan fingerprint density at radius 2 is 1.93 bits per heavy atom. The molecule has 5 nitrogen and oxygen atoms in total. The molecular formula is C25H33N3O2. The van der Waals surface area contributed by atoms with Crippen molar-refractivity contribution in [3.05, 3.63) is 53.1 Å². The first kappa shape index (κ1) is 20.9. The van der Waals surface area contributed by atoms with Crippen molar-refractivity contribution in [1.29, 1.82) is 0 Å². The third-order valence-electron chi connectivity index (χ3n) is 6.52. The van der Waals surface area contributed by atoms with Gasteiger partial charge in [-0.05, 0) is 73.4 Å². The highest BCUT2D eigenvalue weighted by Crippen LogP contribution is 2.35. The summed E-state index contributed by atoms with van der Waals surface area (Å²) in [6.45, 7) is 7.41. The second kappa shape index (κ2) is 8.05. The topological polar surface area (TPSA) is 36.0 Å². The van der Waals surface area contributed by atoms with Crippen molar-refractivity contribution in [2.75, 3.05) is 47.9 Å². The van der Waals surface area contributed by atoms with Gasteiger partial charge in [-0.3, -0.25) is 4.79 Å². The van der Waals surface area contributed by atoms with Crippen molar-refractivity contribution in [1.82, 2.24) is 14.7 Å². The molecular weight excluding hydrogens is 374 g/mol. The van der Waals surface area contributed by atoms with Crippen LogP contribution in [0, 0.1) is 5.41 Å². The van der Waals surface area contributed by atoms with Crippen molar-refractivity contribution < 1.29 is 9.53 Å². The molecule has 2 aromatic rings. The van der Waals surface area contributed by atoms with Gasteiger partial charge in [-0.1, -0.05) is 19.1 Å². The molecule has 2 heterocycles. The lowest BCUT2D eigenvalue weighted by Gasteiger charge is -2.30. The summed E-state index contributed by atoms with van der Waals surface area (Å²) in [7, 11) is 7.99. The number of hydrogen-bond donors (Lipinski definition) is 0. The van der Waals surface area contributed by atoms with E-state index in [2.05, 4.69) is 55.1 Å². The fraction of sp³-hybridized carbons (Fsp3) is 0.480. The maximum absolute atomic E-state index is 12.2. The highest BCUT2D eigenvalue weighted by atomic mass is 16.5. The molecule has 0 aliphatic carbocycles. The number of nitrogens with zero attached hydrogens (tertiary/aromatic N) is 3. The smallest absolute Gasteiger partial charge is 0.254 e. The van der Waals surface area contributed by atoms with Gasteiger partial charge in [-0.15, -0.1) is 0 Å². The lowest BCUT2D eigenvalue weighted by Crippen LogP contribution is -2.35. The molecule has 1 fully saturated rings. The number of ether oxygens (including phenoxy) is 1. The van der Waals surface area contributed by atoms with E-state index in [1.165, 1.54) is 18.5 Å². The molecule has 1 unspecified atom stereocenters. The van der Waals surface area contributed by atoms with E-state index < -0.39 is 0 Å². The fourth-order valence-corrected chi connectivity index (χ4v) is 5.13. The second-order valence-electron chi connectivity index (χ2n) is 9.54. The van der Waals surface area contributed by atoms with Crippen molar-refractivity contribution in [2.45, 2.75) is 26.4 Å². The minimum atomic E-state index is 0.102. The Labute approximate surface area is 180 Å². The first-order chi connectivity index (χ1) is 14.3. The Morgan fingerprint density at radius 1 is 1.13 bits per heavy atom. The summed E-state index contributed by atoms with van der Waals surface area (Å²) >= 11 is 0. The van der Waals surface area contributed by atoms with Crippen molar-refractivity contribution >= 4 is 5.91 Å². The molecule has 0 saturated carbocycles. The summed E-state index contributed by atoms with van der Waals surface area (Å²) < 4.78 is 5.66. The van der Waals surface area contributed by atoms with Gasteiger partial charge in [0.2, 0.25) is 0 Å². The minimum absolute atomic E-state index is 0.102. The number of methoxy groups -OCH3 is 1. The van der Waals surface area contributed by atoms with Gasteiger partial charge < -0.3 is 19.4 Å². The normalized spacial score (nSPS) is 21.5. The number of rotatable bonds is 6. The number of carbonyl (C=O) groups is 1. The van der Waals surface area contributed by atoms with Crippen LogP contribution in [-0.2, 0) is 13.1 Å². The molecule has 1 amide bonds. The zero-order valence-electron chi connectivity index (χ0n) is 18.9. The maximum Gasteiger partial charge on any atom is 0.254 e. The van der Waals surface area contributed by atoms with E-state index in [0.29, 0.717) is 12.0 Å². The van der Waals surface area contributed by atoms with Gasteiger partial charge in [0.1, 0.15) is 5.75 Å². The molecule has 30 heavy (non-hydrogen) atoms. The third kappa shape index (κ3) is 4.09. The zero-order valence-corrected chi connectivity index (χ0v) is 18.9. The van der Waals surface area contributed by atoms with Crippen LogP contribution in [-0.4, -0.2) is 68.5 Å². The van der Waals surface area contributed by atoms with Crippen LogP contribution >= 0.6 is 0 Å². The van der Waals surface area contributed by atoms with Crippen molar-refractivity contribution in [2.24, 2.45) is 5.41 Å². The first-order valence-electron chi connectivity index (χ1n) is 10.7. The van der Waals surface area contributed by atoms with Crippen LogP contribution in [0.1, 0.15) is 34.8 Å². The average Bonchev–Trinajstić information content (AvgIpc) is 3.19. The van der Waals surface area contributed by atoms with Crippen molar-refractivity contribution in [3.63, 3.8) is 0 Å². The van der Waals surface area contributed by atoms with E-state index in [1.807, 2.05) is 19.2 Å². The van der Waals surface area contributed by atoms with Crippen LogP contribution in [0.15, 0.2) is 36.4 Å². The predicted molar refractivity (Wildman–Crippen MR) is 121 cm³/mol. The molecule has 160 valence electrons. The first-order valence-corrected chi connectivity index (χ1v) is 10.7. The van der Waals surface area contributed by atoms with Crippen molar-refractivity contribution in [3.8, 4) is 16.9 Å². The predicted octanol–water partition coefficient (Wildman–Crippen LogP) is 3.72. The minimum Gasteiger partial charge on any atom is -0.496 e. The van der Waals surface area contributed by atoms with Gasteiger partial charge >= 0.3 is 0 Å². The Bertz CT molecular complexity index is 957. The molecule has 0 radical (unpaired) electrons. The third-order valence-corrected chi connectivity index (χ3v) is 6.52. The van der Waals surface area contributed by atoms with E-state index >= 15 is 0 Å². The van der Waals surface area contributed by atoms with Gasteiger partial charge in [0.15, 0.2) is 0 Å². The number of carbonyl (C=O) groups excluding carboxylic acids is 1. The van der Waals surface area contributed by atoms with Gasteiger partial charge in [0.25, 0.3) is 5.91 Å². The highest BCUT2D eigenvalue weighted by molar-refractivity contribution is 5.98. The Balaban J connectivity index is 1.56. The van der Waals surface area contributed by atoms with Crippen LogP contribution in [0.3, 0.4) is 0 Å². The lowest BCUT2D eigenvalue weighted by molar-refractivity contribution is 0.0816. The fourth-order valence-electron chi connectivity index (χ4n) is 5.13. The van der Waals surface area contributed by atoms with Crippen LogP contribution in [0.5, 0.6) is 5.75 Å². The molecule has 4 rings (SSSR count). The molecule has 1 saturated heterocycles. The SMILES string of the molecule is COc1ccc(CN(C)CC2(C)CCN(C)C2)cc1-c1ccc2c(c1)CN(C)C2=O. The molecule has 2 aromatic carbocycles. The van der Waals surface area contributed by atoms with Crippen LogP contribution < -0.4 is 4.74 Å².